The van der Waals surface area contributed by atoms with E-state index in [0.717, 1.165) is 13.1 Å². The highest BCUT2D eigenvalue weighted by Gasteiger charge is 2.21. The molecule has 0 spiro atoms. The van der Waals surface area contributed by atoms with Crippen molar-refractivity contribution in [3.63, 3.8) is 0 Å². The van der Waals surface area contributed by atoms with Crippen LogP contribution in [0.1, 0.15) is 5.89 Å². The van der Waals surface area contributed by atoms with Gasteiger partial charge in [0.25, 0.3) is 5.89 Å². The van der Waals surface area contributed by atoms with E-state index in [2.05, 4.69) is 31.0 Å². The Hall–Kier alpha value is -1.22. The third-order valence-electron chi connectivity index (χ3n) is 3.10. The van der Waals surface area contributed by atoms with Gasteiger partial charge < -0.3 is 19.3 Å². The van der Waals surface area contributed by atoms with Crippen molar-refractivity contribution in [2.45, 2.75) is 12.6 Å². The van der Waals surface area contributed by atoms with Crippen LogP contribution in [0.25, 0.3) is 11.7 Å². The van der Waals surface area contributed by atoms with Gasteiger partial charge in [-0.25, -0.2) is 0 Å². The second-order valence-corrected chi connectivity index (χ2v) is 5.35. The minimum atomic E-state index is 0.0761. The number of hydrogen-bond donors (Lipinski definition) is 1. The van der Waals surface area contributed by atoms with Gasteiger partial charge in [0.05, 0.1) is 19.3 Å². The summed E-state index contributed by atoms with van der Waals surface area (Å²) in [7, 11) is 0. The minimum Gasteiger partial charge on any atom is -0.444 e. The van der Waals surface area contributed by atoms with E-state index < -0.39 is 0 Å². The zero-order valence-corrected chi connectivity index (χ0v) is 12.4. The lowest BCUT2D eigenvalue weighted by Gasteiger charge is -2.31. The second-order valence-electron chi connectivity index (χ2n) is 4.57. The fraction of sp³-hybridized carbons (Fsp3) is 0.500. The summed E-state index contributed by atoms with van der Waals surface area (Å²) >= 11 is 3.24. The van der Waals surface area contributed by atoms with Crippen LogP contribution in [0, 0.1) is 0 Å². The first kappa shape index (κ1) is 13.7. The van der Waals surface area contributed by atoms with E-state index in [0.29, 0.717) is 41.9 Å². The topological polar surface area (TPSA) is 90.6 Å². The Morgan fingerprint density at radius 3 is 3.00 bits per heavy atom. The van der Waals surface area contributed by atoms with Gasteiger partial charge in [0.1, 0.15) is 0 Å². The molecule has 2 aromatic heterocycles. The Morgan fingerprint density at radius 1 is 1.35 bits per heavy atom. The third kappa shape index (κ3) is 3.09. The molecule has 1 fully saturated rings. The molecule has 1 saturated heterocycles. The number of aromatic nitrogens is 2. The van der Waals surface area contributed by atoms with Crippen molar-refractivity contribution in [1.82, 2.24) is 15.1 Å². The van der Waals surface area contributed by atoms with E-state index in [4.69, 9.17) is 19.3 Å². The minimum absolute atomic E-state index is 0.0761. The van der Waals surface area contributed by atoms with Crippen molar-refractivity contribution >= 4 is 15.9 Å². The van der Waals surface area contributed by atoms with Gasteiger partial charge in [-0.1, -0.05) is 0 Å². The molecule has 1 aliphatic heterocycles. The molecule has 0 radical (unpaired) electrons. The molecular weight excluding hydrogens is 328 g/mol. The maximum absolute atomic E-state index is 5.62. The monoisotopic (exact) mass is 342 g/mol. The lowest BCUT2D eigenvalue weighted by Crippen LogP contribution is -2.45. The highest BCUT2D eigenvalue weighted by Crippen LogP contribution is 2.24. The van der Waals surface area contributed by atoms with Crippen LogP contribution < -0.4 is 5.73 Å². The molecule has 0 amide bonds. The van der Waals surface area contributed by atoms with Gasteiger partial charge in [0.15, 0.2) is 10.4 Å². The Balaban J connectivity index is 1.65. The number of halogens is 1. The number of morpholine rings is 1. The molecular formula is C12H15BrN4O3. The second kappa shape index (κ2) is 6.04. The van der Waals surface area contributed by atoms with Crippen LogP contribution >= 0.6 is 15.9 Å². The fourth-order valence-electron chi connectivity index (χ4n) is 2.10. The maximum atomic E-state index is 5.62. The summed E-state index contributed by atoms with van der Waals surface area (Å²) in [6.45, 7) is 3.40. The first-order valence-corrected chi connectivity index (χ1v) is 7.16. The quantitative estimate of drug-likeness (QED) is 0.893. The van der Waals surface area contributed by atoms with Crippen molar-refractivity contribution in [2.75, 3.05) is 26.2 Å². The van der Waals surface area contributed by atoms with E-state index in [9.17, 15) is 0 Å². The summed E-state index contributed by atoms with van der Waals surface area (Å²) in [5.41, 5.74) is 5.62. The highest BCUT2D eigenvalue weighted by molar-refractivity contribution is 9.10. The van der Waals surface area contributed by atoms with Gasteiger partial charge in [-0.2, -0.15) is 0 Å². The molecule has 20 heavy (non-hydrogen) atoms. The van der Waals surface area contributed by atoms with Crippen LogP contribution in [0.2, 0.25) is 0 Å². The van der Waals surface area contributed by atoms with Gasteiger partial charge in [-0.05, 0) is 28.1 Å². The van der Waals surface area contributed by atoms with Gasteiger partial charge >= 0.3 is 0 Å². The molecule has 1 atom stereocenters. The molecule has 0 aliphatic carbocycles. The molecule has 8 heteroatoms. The molecule has 7 nitrogen and oxygen atoms in total. The lowest BCUT2D eigenvalue weighted by atomic mass is 10.3. The van der Waals surface area contributed by atoms with Crippen molar-refractivity contribution in [3.8, 4) is 11.7 Å². The SMILES string of the molecule is NCC1CN(Cc2nnc(-c3ccc(Br)o3)o2)CCO1. The smallest absolute Gasteiger partial charge is 0.283 e. The molecule has 1 unspecified atom stereocenters. The Morgan fingerprint density at radius 2 is 2.25 bits per heavy atom. The molecule has 0 aromatic carbocycles. The predicted molar refractivity (Wildman–Crippen MR) is 73.8 cm³/mol. The van der Waals surface area contributed by atoms with Crippen molar-refractivity contribution < 1.29 is 13.6 Å². The van der Waals surface area contributed by atoms with Crippen LogP contribution in [0.5, 0.6) is 0 Å². The van der Waals surface area contributed by atoms with E-state index in [1.807, 2.05) is 0 Å². The van der Waals surface area contributed by atoms with Crippen molar-refractivity contribution in [3.05, 3.63) is 22.7 Å². The summed E-state index contributed by atoms with van der Waals surface area (Å²) in [6.07, 6.45) is 0.0761. The van der Waals surface area contributed by atoms with Crippen LogP contribution in [0.15, 0.2) is 25.6 Å². The summed E-state index contributed by atoms with van der Waals surface area (Å²) in [6, 6.07) is 3.56. The van der Waals surface area contributed by atoms with E-state index in [1.54, 1.807) is 12.1 Å². The number of rotatable bonds is 4. The molecule has 0 bridgehead atoms. The predicted octanol–water partition coefficient (Wildman–Crippen LogP) is 1.25. The first-order chi connectivity index (χ1) is 9.74. The fourth-order valence-corrected chi connectivity index (χ4v) is 2.41. The molecule has 108 valence electrons. The number of furan rings is 1. The summed E-state index contributed by atoms with van der Waals surface area (Å²) in [4.78, 5) is 2.19. The highest BCUT2D eigenvalue weighted by atomic mass is 79.9. The normalized spacial score (nSPS) is 20.4. The van der Waals surface area contributed by atoms with Gasteiger partial charge in [-0.3, -0.25) is 4.90 Å². The van der Waals surface area contributed by atoms with Crippen LogP contribution in [0.3, 0.4) is 0 Å². The van der Waals surface area contributed by atoms with Crippen LogP contribution in [0.4, 0.5) is 0 Å². The number of nitrogens with two attached hydrogens (primary N) is 1. The lowest BCUT2D eigenvalue weighted by molar-refractivity contribution is -0.0283. The molecule has 2 aromatic rings. The molecule has 2 N–H and O–H groups in total. The average Bonchev–Trinajstić information content (AvgIpc) is 3.08. The number of nitrogens with zero attached hydrogens (tertiary/aromatic N) is 3. The Labute approximate surface area is 124 Å². The van der Waals surface area contributed by atoms with E-state index in [1.165, 1.54) is 0 Å². The Bertz CT molecular complexity index is 571. The van der Waals surface area contributed by atoms with Crippen LogP contribution in [-0.4, -0.2) is 47.4 Å². The molecule has 3 rings (SSSR count). The third-order valence-corrected chi connectivity index (χ3v) is 3.52. The van der Waals surface area contributed by atoms with E-state index in [-0.39, 0.29) is 6.10 Å². The maximum Gasteiger partial charge on any atom is 0.283 e. The van der Waals surface area contributed by atoms with Gasteiger partial charge in [0.2, 0.25) is 5.89 Å². The van der Waals surface area contributed by atoms with Crippen LogP contribution in [-0.2, 0) is 11.3 Å². The van der Waals surface area contributed by atoms with Crippen molar-refractivity contribution in [1.29, 1.82) is 0 Å². The molecule has 1 aliphatic rings. The standard InChI is InChI=1S/C12H15BrN4O3/c13-10-2-1-9(19-10)12-16-15-11(20-12)7-17-3-4-18-8(5-14)6-17/h1-2,8H,3-7,14H2. The van der Waals surface area contributed by atoms with Crippen molar-refractivity contribution in [2.24, 2.45) is 5.73 Å². The zero-order chi connectivity index (χ0) is 13.9. The van der Waals surface area contributed by atoms with Gasteiger partial charge in [-0.15, -0.1) is 10.2 Å². The summed E-state index contributed by atoms with van der Waals surface area (Å²) < 4.78 is 17.1. The number of hydrogen-bond acceptors (Lipinski definition) is 7. The summed E-state index contributed by atoms with van der Waals surface area (Å²) in [5.74, 6) is 1.50. The number of ether oxygens (including phenoxy) is 1. The molecule has 3 heterocycles. The zero-order valence-electron chi connectivity index (χ0n) is 10.8. The summed E-state index contributed by atoms with van der Waals surface area (Å²) in [5, 5.41) is 8.03. The largest absolute Gasteiger partial charge is 0.444 e. The molecule has 0 saturated carbocycles. The first-order valence-electron chi connectivity index (χ1n) is 6.36. The average molecular weight is 343 g/mol. The van der Waals surface area contributed by atoms with Gasteiger partial charge in [0, 0.05) is 19.6 Å². The van der Waals surface area contributed by atoms with E-state index >= 15 is 0 Å². The Kier molecular flexibility index (Phi) is 4.16.